The number of rotatable bonds is 6. The van der Waals surface area contributed by atoms with E-state index >= 15 is 0 Å². The van der Waals surface area contributed by atoms with Crippen LogP contribution in [0.1, 0.15) is 0 Å². The molecule has 0 spiro atoms. The zero-order chi connectivity index (χ0) is 34.7. The summed E-state index contributed by atoms with van der Waals surface area (Å²) in [6.45, 7) is 0. The summed E-state index contributed by atoms with van der Waals surface area (Å²) in [6.07, 6.45) is 0. The molecule has 246 valence electrons. The molecule has 0 amide bonds. The van der Waals surface area contributed by atoms with Crippen molar-refractivity contribution in [1.82, 2.24) is 0 Å². The third-order valence-corrected chi connectivity index (χ3v) is 13.7. The van der Waals surface area contributed by atoms with Crippen LogP contribution in [-0.4, -0.2) is 18.5 Å². The van der Waals surface area contributed by atoms with Gasteiger partial charge in [-0.2, -0.15) is 13.2 Å². The van der Waals surface area contributed by atoms with Gasteiger partial charge in [0.05, 0.1) is 0 Å². The van der Waals surface area contributed by atoms with Crippen LogP contribution in [0.2, 0.25) is 0 Å². The molecule has 0 N–H and O–H groups in total. The minimum atomic E-state index is -6.09. The van der Waals surface area contributed by atoms with E-state index in [1.165, 1.54) is 0 Å². The van der Waals surface area contributed by atoms with Gasteiger partial charge in [0, 0.05) is 31.8 Å². The molecule has 0 bridgehead atoms. The van der Waals surface area contributed by atoms with E-state index in [9.17, 15) is 22.3 Å². The van der Waals surface area contributed by atoms with Gasteiger partial charge in [-0.3, -0.25) is 0 Å². The van der Waals surface area contributed by atoms with Gasteiger partial charge in [-0.1, -0.05) is 182 Å². The molecule has 49 heavy (non-hydrogen) atoms. The Morgan fingerprint density at radius 2 is 0.510 bits per heavy atom. The fraction of sp³-hybridized carbons (Fsp3) is 0.0270. The Kier molecular flexibility index (Phi) is 14.3. The van der Waals surface area contributed by atoms with E-state index in [-0.39, 0.29) is 19.5 Å². The third kappa shape index (κ3) is 9.85. The second kappa shape index (κ2) is 17.7. The first kappa shape index (κ1) is 39.5. The monoisotopic (exact) mass is 769 g/mol. The van der Waals surface area contributed by atoms with Crippen LogP contribution in [0.15, 0.2) is 182 Å². The summed E-state index contributed by atoms with van der Waals surface area (Å²) in [6, 6.07) is 58.3. The summed E-state index contributed by atoms with van der Waals surface area (Å²) in [4.78, 5) is 0. The standard InChI is InChI=1S/2C18H15OP.CHF3O3S.Zn/c2*19-20(16-10-4-1-5-11-16,17-12-6-2-7-13-17)18-14-8-3-9-15-18;2-1(3,4)8(5,6)7;/h2*1-15H;(H,5,6,7);/q;;;+2/p-1. The number of alkyl halides is 3. The molecule has 0 heterocycles. The fourth-order valence-corrected chi connectivity index (χ4v) is 10.1. The Hall–Kier alpha value is -3.90. The summed E-state index contributed by atoms with van der Waals surface area (Å²) >= 11 is 0. The predicted octanol–water partition coefficient (Wildman–Crippen LogP) is 6.70. The summed E-state index contributed by atoms with van der Waals surface area (Å²) in [7, 11) is -11.6. The first-order chi connectivity index (χ1) is 22.9. The Balaban J connectivity index is 0.000000215. The van der Waals surface area contributed by atoms with Gasteiger partial charge in [0.15, 0.2) is 24.4 Å². The van der Waals surface area contributed by atoms with Gasteiger partial charge < -0.3 is 13.7 Å². The normalized spacial score (nSPS) is 11.4. The number of hydrogen-bond donors (Lipinski definition) is 0. The first-order valence-electron chi connectivity index (χ1n) is 14.4. The maximum atomic E-state index is 13.8. The van der Waals surface area contributed by atoms with Crippen LogP contribution in [0.5, 0.6) is 0 Å². The Morgan fingerprint density at radius 1 is 0.388 bits per heavy atom. The molecular weight excluding hydrogens is 741 g/mol. The topological polar surface area (TPSA) is 91.3 Å². The average Bonchev–Trinajstić information content (AvgIpc) is 3.13. The predicted molar refractivity (Wildman–Crippen MR) is 187 cm³/mol. The maximum absolute atomic E-state index is 13.8. The van der Waals surface area contributed by atoms with Crippen LogP contribution in [0.25, 0.3) is 0 Å². The molecule has 0 unspecified atom stereocenters. The van der Waals surface area contributed by atoms with E-state index in [1.54, 1.807) is 0 Å². The van der Waals surface area contributed by atoms with Crippen molar-refractivity contribution in [2.45, 2.75) is 5.51 Å². The first-order valence-corrected chi connectivity index (χ1v) is 19.3. The fourth-order valence-electron chi connectivity index (χ4n) is 4.72. The number of halogens is 3. The minimum Gasteiger partial charge on any atom is -0.741 e. The molecule has 5 nitrogen and oxygen atoms in total. The van der Waals surface area contributed by atoms with Gasteiger partial charge in [-0.05, 0) is 0 Å². The zero-order valence-corrected chi connectivity index (χ0v) is 31.6. The van der Waals surface area contributed by atoms with Crippen molar-refractivity contribution in [2.24, 2.45) is 0 Å². The molecule has 0 aliphatic heterocycles. The second-order valence-electron chi connectivity index (χ2n) is 10.1. The van der Waals surface area contributed by atoms with Gasteiger partial charge in [-0.25, -0.2) is 8.42 Å². The van der Waals surface area contributed by atoms with Crippen molar-refractivity contribution in [3.63, 3.8) is 0 Å². The molecule has 12 heteroatoms. The van der Waals surface area contributed by atoms with E-state index in [4.69, 9.17) is 13.0 Å². The van der Waals surface area contributed by atoms with Crippen LogP contribution in [0.4, 0.5) is 13.2 Å². The second-order valence-corrected chi connectivity index (χ2v) is 17.0. The molecule has 6 rings (SSSR count). The summed E-state index contributed by atoms with van der Waals surface area (Å²) < 4.78 is 86.5. The van der Waals surface area contributed by atoms with Crippen LogP contribution in [-0.2, 0) is 38.7 Å². The van der Waals surface area contributed by atoms with Gasteiger partial charge >= 0.3 is 25.0 Å². The number of benzene rings is 6. The molecular formula is C37H30F3O5P2SZn+. The zero-order valence-electron chi connectivity index (χ0n) is 26.0. The van der Waals surface area contributed by atoms with E-state index < -0.39 is 29.9 Å². The van der Waals surface area contributed by atoms with Crippen LogP contribution in [0.3, 0.4) is 0 Å². The summed E-state index contributed by atoms with van der Waals surface area (Å²) in [5.74, 6) is 0. The molecule has 0 saturated carbocycles. The number of hydrogen-bond acceptors (Lipinski definition) is 5. The molecule has 0 aliphatic carbocycles. The van der Waals surface area contributed by atoms with E-state index in [2.05, 4.69) is 0 Å². The smallest absolute Gasteiger partial charge is 0.741 e. The van der Waals surface area contributed by atoms with Gasteiger partial charge in [0.25, 0.3) is 0 Å². The molecule has 6 aromatic carbocycles. The third-order valence-electron chi connectivity index (χ3n) is 7.00. The van der Waals surface area contributed by atoms with Gasteiger partial charge in [-0.15, -0.1) is 0 Å². The van der Waals surface area contributed by atoms with E-state index in [0.717, 1.165) is 31.8 Å². The molecule has 0 aromatic heterocycles. The van der Waals surface area contributed by atoms with Gasteiger partial charge in [0.2, 0.25) is 0 Å². The van der Waals surface area contributed by atoms with Crippen molar-refractivity contribution in [1.29, 1.82) is 0 Å². The minimum absolute atomic E-state index is 0. The maximum Gasteiger partial charge on any atom is 2.00 e. The van der Waals surface area contributed by atoms with Gasteiger partial charge in [0.1, 0.15) is 0 Å². The quantitative estimate of drug-likeness (QED) is 0.0815. The SMILES string of the molecule is O=P(c1ccccc1)(c1ccccc1)c1ccccc1.O=P(c1ccccc1)(c1ccccc1)c1ccccc1.O=S(=O)([O-])C(F)(F)F.[Zn+2]. The van der Waals surface area contributed by atoms with Crippen LogP contribution < -0.4 is 31.8 Å². The van der Waals surface area contributed by atoms with E-state index in [1.807, 2.05) is 182 Å². The molecule has 0 aliphatic rings. The largest absolute Gasteiger partial charge is 2.00 e. The molecule has 0 fully saturated rings. The average molecular weight is 771 g/mol. The Bertz CT molecular complexity index is 1730. The van der Waals surface area contributed by atoms with E-state index in [0.29, 0.717) is 0 Å². The Labute approximate surface area is 297 Å². The van der Waals surface area contributed by atoms with Crippen molar-refractivity contribution in [3.8, 4) is 0 Å². The van der Waals surface area contributed by atoms with Crippen LogP contribution >= 0.6 is 14.3 Å². The molecule has 0 saturated heterocycles. The van der Waals surface area contributed by atoms with Crippen molar-refractivity contribution in [2.75, 3.05) is 0 Å². The molecule has 0 atom stereocenters. The summed E-state index contributed by atoms with van der Waals surface area (Å²) in [5.41, 5.74) is -5.65. The van der Waals surface area contributed by atoms with Crippen molar-refractivity contribution >= 4 is 56.2 Å². The van der Waals surface area contributed by atoms with Crippen LogP contribution in [0, 0.1) is 0 Å². The van der Waals surface area contributed by atoms with Crippen molar-refractivity contribution in [3.05, 3.63) is 182 Å². The molecule has 0 radical (unpaired) electrons. The molecule has 6 aromatic rings. The van der Waals surface area contributed by atoms with Crippen molar-refractivity contribution < 1.29 is 54.7 Å². The Morgan fingerprint density at radius 3 is 0.612 bits per heavy atom. The summed E-state index contributed by atoms with van der Waals surface area (Å²) in [5, 5.41) is 5.24.